The van der Waals surface area contributed by atoms with Gasteiger partial charge in [-0.15, -0.1) is 0 Å². The highest BCUT2D eigenvalue weighted by Gasteiger charge is 2.44. The van der Waals surface area contributed by atoms with Crippen molar-refractivity contribution in [2.45, 2.75) is 18.0 Å². The number of ketones is 1. The standard InChI is InChI=1S/C18H15F3O4S/c1-12-7-9-13(10-8-12)26(23,24)17(18(19,20)21)11-15(22)14-5-3-4-6-16(14)25-2/h3-11H,1-2H3/b17-11-. The molecule has 0 aliphatic rings. The molecule has 0 amide bonds. The number of benzene rings is 2. The molecule has 0 unspecified atom stereocenters. The van der Waals surface area contributed by atoms with Crippen LogP contribution in [-0.2, 0) is 9.84 Å². The van der Waals surface area contributed by atoms with Gasteiger partial charge in [-0.2, -0.15) is 13.2 Å². The van der Waals surface area contributed by atoms with Gasteiger partial charge in [-0.25, -0.2) is 8.42 Å². The van der Waals surface area contributed by atoms with E-state index in [2.05, 4.69) is 0 Å². The minimum Gasteiger partial charge on any atom is -0.496 e. The molecule has 8 heteroatoms. The van der Waals surface area contributed by atoms with Crippen LogP contribution in [0, 0.1) is 6.92 Å². The Morgan fingerprint density at radius 2 is 1.62 bits per heavy atom. The van der Waals surface area contributed by atoms with Crippen LogP contribution in [0.1, 0.15) is 15.9 Å². The Labute approximate surface area is 148 Å². The lowest BCUT2D eigenvalue weighted by Crippen LogP contribution is -2.22. The second-order valence-electron chi connectivity index (χ2n) is 5.39. The Morgan fingerprint density at radius 3 is 2.15 bits per heavy atom. The van der Waals surface area contributed by atoms with Gasteiger partial charge in [0.15, 0.2) is 10.7 Å². The van der Waals surface area contributed by atoms with Crippen molar-refractivity contribution in [2.24, 2.45) is 0 Å². The van der Waals surface area contributed by atoms with Gasteiger partial charge in [-0.3, -0.25) is 4.79 Å². The molecule has 0 heterocycles. The Kier molecular flexibility index (Phi) is 5.56. The Hall–Kier alpha value is -2.61. The minimum absolute atomic E-state index is 0.0445. The lowest BCUT2D eigenvalue weighted by atomic mass is 10.1. The topological polar surface area (TPSA) is 60.4 Å². The van der Waals surface area contributed by atoms with Crippen LogP contribution in [0.25, 0.3) is 0 Å². The van der Waals surface area contributed by atoms with Crippen molar-refractivity contribution in [2.75, 3.05) is 7.11 Å². The lowest BCUT2D eigenvalue weighted by molar-refractivity contribution is -0.0845. The van der Waals surface area contributed by atoms with Crippen molar-refractivity contribution in [3.63, 3.8) is 0 Å². The van der Waals surface area contributed by atoms with E-state index < -0.39 is 31.6 Å². The number of halogens is 3. The van der Waals surface area contributed by atoms with Crippen molar-refractivity contribution in [3.8, 4) is 5.75 Å². The van der Waals surface area contributed by atoms with E-state index in [1.165, 1.54) is 43.5 Å². The zero-order chi connectivity index (χ0) is 19.5. The minimum atomic E-state index is -5.23. The number of hydrogen-bond donors (Lipinski definition) is 0. The summed E-state index contributed by atoms with van der Waals surface area (Å²) in [4.78, 5) is 9.82. The van der Waals surface area contributed by atoms with Gasteiger partial charge < -0.3 is 4.74 Å². The number of rotatable bonds is 5. The number of alkyl halides is 3. The predicted octanol–water partition coefficient (Wildman–Crippen LogP) is 4.11. The molecule has 26 heavy (non-hydrogen) atoms. The fourth-order valence-electron chi connectivity index (χ4n) is 2.20. The van der Waals surface area contributed by atoms with E-state index in [1.54, 1.807) is 6.92 Å². The molecule has 0 aliphatic carbocycles. The molecule has 4 nitrogen and oxygen atoms in total. The molecule has 0 aromatic heterocycles. The third-order valence-corrected chi connectivity index (χ3v) is 5.36. The molecule has 0 fully saturated rings. The number of hydrogen-bond acceptors (Lipinski definition) is 4. The van der Waals surface area contributed by atoms with Gasteiger partial charge >= 0.3 is 6.18 Å². The summed E-state index contributed by atoms with van der Waals surface area (Å²) in [7, 11) is -3.67. The Bertz CT molecular complexity index is 943. The van der Waals surface area contributed by atoms with E-state index in [1.807, 2.05) is 0 Å². The Balaban J connectivity index is 2.59. The molecule has 0 aliphatic heterocycles. The fourth-order valence-corrected chi connectivity index (χ4v) is 3.52. The van der Waals surface area contributed by atoms with Crippen LogP contribution >= 0.6 is 0 Å². The van der Waals surface area contributed by atoms with Crippen molar-refractivity contribution in [1.82, 2.24) is 0 Å². The maximum atomic E-state index is 13.4. The first-order valence-corrected chi connectivity index (χ1v) is 8.83. The average molecular weight is 384 g/mol. The smallest absolute Gasteiger partial charge is 0.427 e. The summed E-state index contributed by atoms with van der Waals surface area (Å²) < 4.78 is 70.0. The number of carbonyl (C=O) groups is 1. The molecule has 2 aromatic rings. The summed E-state index contributed by atoms with van der Waals surface area (Å²) in [5, 5.41) is 0. The third-order valence-electron chi connectivity index (χ3n) is 3.53. The highest BCUT2D eigenvalue weighted by Crippen LogP contribution is 2.35. The lowest BCUT2D eigenvalue weighted by Gasteiger charge is -2.13. The number of allylic oxidation sites excluding steroid dienone is 2. The summed E-state index contributed by atoms with van der Waals surface area (Å²) in [6.07, 6.45) is -5.14. The molecule has 2 rings (SSSR count). The molecular formula is C18H15F3O4S. The van der Waals surface area contributed by atoms with Crippen molar-refractivity contribution in [1.29, 1.82) is 0 Å². The average Bonchev–Trinajstić information content (AvgIpc) is 2.58. The van der Waals surface area contributed by atoms with Crippen LogP contribution < -0.4 is 4.74 Å². The van der Waals surface area contributed by atoms with Gasteiger partial charge in [-0.1, -0.05) is 29.8 Å². The maximum Gasteiger partial charge on any atom is 0.427 e. The molecular weight excluding hydrogens is 369 g/mol. The SMILES string of the molecule is COc1ccccc1C(=O)/C=C(/C(F)(F)F)S(=O)(=O)c1ccc(C)cc1. The molecule has 0 radical (unpaired) electrons. The van der Waals surface area contributed by atoms with E-state index >= 15 is 0 Å². The number of aryl methyl sites for hydroxylation is 1. The fraction of sp³-hybridized carbons (Fsp3) is 0.167. The number of carbonyl (C=O) groups excluding carboxylic acids is 1. The number of sulfone groups is 1. The molecule has 0 N–H and O–H groups in total. The number of para-hydroxylation sites is 1. The summed E-state index contributed by atoms with van der Waals surface area (Å²) in [6, 6.07) is 10.5. The van der Waals surface area contributed by atoms with Crippen molar-refractivity contribution < 1.29 is 31.1 Å². The van der Waals surface area contributed by atoms with Crippen LogP contribution in [-0.4, -0.2) is 27.5 Å². The monoisotopic (exact) mass is 384 g/mol. The van der Waals surface area contributed by atoms with Gasteiger partial charge in [0.05, 0.1) is 17.6 Å². The summed E-state index contributed by atoms with van der Waals surface area (Å²) in [6.45, 7) is 1.67. The van der Waals surface area contributed by atoms with Crippen LogP contribution in [0.15, 0.2) is 64.4 Å². The van der Waals surface area contributed by atoms with E-state index in [0.29, 0.717) is 5.56 Å². The summed E-state index contributed by atoms with van der Waals surface area (Å²) >= 11 is 0. The summed E-state index contributed by atoms with van der Waals surface area (Å²) in [5.41, 5.74) is 0.516. The van der Waals surface area contributed by atoms with E-state index in [4.69, 9.17) is 4.74 Å². The van der Waals surface area contributed by atoms with E-state index in [-0.39, 0.29) is 17.4 Å². The number of methoxy groups -OCH3 is 1. The quantitative estimate of drug-likeness (QED) is 0.575. The zero-order valence-corrected chi connectivity index (χ0v) is 14.7. The molecule has 0 atom stereocenters. The van der Waals surface area contributed by atoms with Crippen molar-refractivity contribution >= 4 is 15.6 Å². The van der Waals surface area contributed by atoms with Gasteiger partial charge in [0, 0.05) is 6.08 Å². The first kappa shape index (κ1) is 19.7. The molecule has 0 saturated carbocycles. The molecule has 0 saturated heterocycles. The first-order chi connectivity index (χ1) is 12.1. The van der Waals surface area contributed by atoms with Crippen LogP contribution in [0.4, 0.5) is 13.2 Å². The highest BCUT2D eigenvalue weighted by atomic mass is 32.2. The highest BCUT2D eigenvalue weighted by molar-refractivity contribution is 7.95. The van der Waals surface area contributed by atoms with E-state index in [0.717, 1.165) is 12.1 Å². The number of ether oxygens (including phenoxy) is 1. The third kappa shape index (κ3) is 4.13. The second-order valence-corrected chi connectivity index (χ2v) is 7.31. The summed E-state index contributed by atoms with van der Waals surface area (Å²) in [5.74, 6) is -1.08. The largest absolute Gasteiger partial charge is 0.496 e. The first-order valence-electron chi connectivity index (χ1n) is 7.35. The van der Waals surface area contributed by atoms with Crippen LogP contribution in [0.5, 0.6) is 5.75 Å². The van der Waals surface area contributed by atoms with Crippen LogP contribution in [0.2, 0.25) is 0 Å². The van der Waals surface area contributed by atoms with Crippen molar-refractivity contribution in [3.05, 3.63) is 70.6 Å². The normalized spacial score (nSPS) is 12.7. The zero-order valence-electron chi connectivity index (χ0n) is 13.9. The van der Waals surface area contributed by atoms with Gasteiger partial charge in [0.25, 0.3) is 0 Å². The van der Waals surface area contributed by atoms with Gasteiger partial charge in [0.2, 0.25) is 9.84 Å². The van der Waals surface area contributed by atoms with E-state index in [9.17, 15) is 26.4 Å². The predicted molar refractivity (Wildman–Crippen MR) is 89.8 cm³/mol. The molecule has 138 valence electrons. The molecule has 2 aromatic carbocycles. The molecule has 0 spiro atoms. The molecule has 0 bridgehead atoms. The van der Waals surface area contributed by atoms with Gasteiger partial charge in [-0.05, 0) is 31.2 Å². The second kappa shape index (κ2) is 7.33. The Morgan fingerprint density at radius 1 is 1.04 bits per heavy atom. The maximum absolute atomic E-state index is 13.4. The van der Waals surface area contributed by atoms with Crippen LogP contribution in [0.3, 0.4) is 0 Å². The van der Waals surface area contributed by atoms with Gasteiger partial charge in [0.1, 0.15) is 5.75 Å².